The quantitative estimate of drug-likeness (QED) is 0.914. The zero-order chi connectivity index (χ0) is 13.2. The second-order valence-electron chi connectivity index (χ2n) is 3.76. The molecule has 4 nitrogen and oxygen atoms in total. The maximum absolute atomic E-state index is 13.5. The van der Waals surface area contributed by atoms with Crippen molar-refractivity contribution in [3.05, 3.63) is 59.7 Å². The molecule has 0 aliphatic heterocycles. The summed E-state index contributed by atoms with van der Waals surface area (Å²) >= 11 is 0. The van der Waals surface area contributed by atoms with E-state index in [9.17, 15) is 12.8 Å². The van der Waals surface area contributed by atoms with Gasteiger partial charge >= 0.3 is 0 Å². The highest BCUT2D eigenvalue weighted by Crippen LogP contribution is 2.17. The van der Waals surface area contributed by atoms with E-state index in [0.717, 1.165) is 0 Å². The van der Waals surface area contributed by atoms with Crippen molar-refractivity contribution in [3.8, 4) is 0 Å². The molecule has 0 saturated heterocycles. The van der Waals surface area contributed by atoms with Crippen LogP contribution >= 0.6 is 0 Å². The highest BCUT2D eigenvalue weighted by molar-refractivity contribution is 7.89. The molecule has 0 amide bonds. The maximum atomic E-state index is 13.5. The lowest BCUT2D eigenvalue weighted by atomic mass is 10.1. The molecule has 0 atom stereocenters. The van der Waals surface area contributed by atoms with Crippen LogP contribution in [0, 0.1) is 5.82 Å². The molecule has 0 spiro atoms. The lowest BCUT2D eigenvalue weighted by Crippen LogP contribution is -2.15. The summed E-state index contributed by atoms with van der Waals surface area (Å²) in [6, 6.07) is 8.98. The number of nitrogens with zero attached hydrogens (tertiary/aromatic N) is 1. The summed E-state index contributed by atoms with van der Waals surface area (Å²) < 4.78 is 36.2. The summed E-state index contributed by atoms with van der Waals surface area (Å²) in [4.78, 5) is 3.88. The summed E-state index contributed by atoms with van der Waals surface area (Å²) in [6.07, 6.45) is 1.53. The molecule has 2 rings (SSSR count). The van der Waals surface area contributed by atoms with Gasteiger partial charge < -0.3 is 0 Å². The van der Waals surface area contributed by atoms with Crippen LogP contribution in [0.3, 0.4) is 0 Å². The van der Waals surface area contributed by atoms with Gasteiger partial charge in [0, 0.05) is 12.6 Å². The minimum absolute atomic E-state index is 0.0757. The number of aromatic nitrogens is 1. The molecule has 0 aliphatic rings. The average molecular weight is 266 g/mol. The molecule has 1 aromatic carbocycles. The molecular formula is C12H11FN2O2S. The lowest BCUT2D eigenvalue weighted by Gasteiger charge is -2.07. The van der Waals surface area contributed by atoms with Crippen LogP contribution in [0.25, 0.3) is 0 Å². The summed E-state index contributed by atoms with van der Waals surface area (Å²) in [6.45, 7) is 0. The molecule has 94 valence electrons. The van der Waals surface area contributed by atoms with Gasteiger partial charge in [0.15, 0.2) is 0 Å². The molecule has 2 N–H and O–H groups in total. The fourth-order valence-electron chi connectivity index (χ4n) is 1.64. The van der Waals surface area contributed by atoms with Crippen LogP contribution in [0.1, 0.15) is 11.3 Å². The zero-order valence-corrected chi connectivity index (χ0v) is 10.2. The number of hydrogen-bond donors (Lipinski definition) is 1. The molecule has 0 aliphatic carbocycles. The number of benzene rings is 1. The fraction of sp³-hybridized carbons (Fsp3) is 0.0833. The van der Waals surface area contributed by atoms with Crippen LogP contribution in [-0.2, 0) is 16.4 Å². The molecule has 6 heteroatoms. The third-order valence-corrected chi connectivity index (χ3v) is 3.46. The number of nitrogens with two attached hydrogens (primary N) is 1. The van der Waals surface area contributed by atoms with Crippen LogP contribution in [0.4, 0.5) is 4.39 Å². The van der Waals surface area contributed by atoms with Gasteiger partial charge in [0.1, 0.15) is 10.7 Å². The van der Waals surface area contributed by atoms with Crippen molar-refractivity contribution < 1.29 is 12.8 Å². The SMILES string of the molecule is NS(=O)(=O)c1cccnc1Cc1ccccc1F. The topological polar surface area (TPSA) is 73.1 Å². The molecule has 0 saturated carbocycles. The Balaban J connectivity index is 2.45. The Labute approximate surface area is 104 Å². The van der Waals surface area contributed by atoms with Gasteiger partial charge in [-0.2, -0.15) is 0 Å². The Hall–Kier alpha value is -1.79. The van der Waals surface area contributed by atoms with E-state index in [0.29, 0.717) is 5.56 Å². The van der Waals surface area contributed by atoms with E-state index in [1.54, 1.807) is 18.2 Å². The molecule has 0 unspecified atom stereocenters. The lowest BCUT2D eigenvalue weighted by molar-refractivity contribution is 0.594. The Morgan fingerprint density at radius 3 is 2.56 bits per heavy atom. The minimum atomic E-state index is -3.85. The second-order valence-corrected chi connectivity index (χ2v) is 5.29. The van der Waals surface area contributed by atoms with Crippen molar-refractivity contribution in [2.24, 2.45) is 5.14 Å². The smallest absolute Gasteiger partial charge is 0.239 e. The fourth-order valence-corrected chi connectivity index (χ4v) is 2.36. The monoisotopic (exact) mass is 266 g/mol. The summed E-state index contributed by atoms with van der Waals surface area (Å²) in [5, 5.41) is 5.09. The van der Waals surface area contributed by atoms with Gasteiger partial charge in [-0.3, -0.25) is 4.98 Å². The van der Waals surface area contributed by atoms with Gasteiger partial charge in [-0.25, -0.2) is 17.9 Å². The first kappa shape index (κ1) is 12.7. The van der Waals surface area contributed by atoms with E-state index < -0.39 is 15.8 Å². The Kier molecular flexibility index (Phi) is 3.40. The van der Waals surface area contributed by atoms with E-state index in [-0.39, 0.29) is 17.0 Å². The summed E-state index contributed by atoms with van der Waals surface area (Å²) in [5.41, 5.74) is 0.617. The molecule has 2 aromatic rings. The molecule has 0 fully saturated rings. The number of halogens is 1. The van der Waals surface area contributed by atoms with E-state index in [1.807, 2.05) is 0 Å². The minimum Gasteiger partial charge on any atom is -0.260 e. The van der Waals surface area contributed by atoms with Crippen molar-refractivity contribution in [1.29, 1.82) is 0 Å². The van der Waals surface area contributed by atoms with Crippen LogP contribution in [0.5, 0.6) is 0 Å². The van der Waals surface area contributed by atoms with Gasteiger partial charge in [-0.15, -0.1) is 0 Å². The third kappa shape index (κ3) is 2.72. The Bertz CT molecular complexity index is 671. The normalized spacial score (nSPS) is 11.4. The Morgan fingerprint density at radius 2 is 1.89 bits per heavy atom. The molecule has 18 heavy (non-hydrogen) atoms. The van der Waals surface area contributed by atoms with E-state index in [4.69, 9.17) is 5.14 Å². The van der Waals surface area contributed by atoms with Crippen molar-refractivity contribution in [3.63, 3.8) is 0 Å². The van der Waals surface area contributed by atoms with Gasteiger partial charge in [0.25, 0.3) is 0 Å². The van der Waals surface area contributed by atoms with Crippen molar-refractivity contribution in [2.45, 2.75) is 11.3 Å². The molecule has 0 radical (unpaired) electrons. The molecular weight excluding hydrogens is 255 g/mol. The largest absolute Gasteiger partial charge is 0.260 e. The highest BCUT2D eigenvalue weighted by Gasteiger charge is 2.15. The molecule has 0 bridgehead atoms. The van der Waals surface area contributed by atoms with Gasteiger partial charge in [-0.05, 0) is 23.8 Å². The highest BCUT2D eigenvalue weighted by atomic mass is 32.2. The van der Waals surface area contributed by atoms with Crippen molar-refractivity contribution >= 4 is 10.0 Å². The van der Waals surface area contributed by atoms with E-state index >= 15 is 0 Å². The number of sulfonamides is 1. The number of pyridine rings is 1. The van der Waals surface area contributed by atoms with Crippen LogP contribution in [0.2, 0.25) is 0 Å². The van der Waals surface area contributed by atoms with Gasteiger partial charge in [0.2, 0.25) is 10.0 Å². The molecule has 1 heterocycles. The van der Waals surface area contributed by atoms with Crippen molar-refractivity contribution in [2.75, 3.05) is 0 Å². The van der Waals surface area contributed by atoms with Gasteiger partial charge in [0.05, 0.1) is 5.69 Å². The molecule has 1 aromatic heterocycles. The third-order valence-electron chi connectivity index (χ3n) is 2.47. The van der Waals surface area contributed by atoms with Crippen molar-refractivity contribution in [1.82, 2.24) is 4.98 Å². The van der Waals surface area contributed by atoms with Gasteiger partial charge in [-0.1, -0.05) is 18.2 Å². The Morgan fingerprint density at radius 1 is 1.17 bits per heavy atom. The van der Waals surface area contributed by atoms with Crippen LogP contribution in [0.15, 0.2) is 47.5 Å². The number of primary sulfonamides is 1. The number of rotatable bonds is 3. The first-order valence-corrected chi connectivity index (χ1v) is 6.73. The number of hydrogen-bond acceptors (Lipinski definition) is 3. The predicted octanol–water partition coefficient (Wildman–Crippen LogP) is 1.46. The summed E-state index contributed by atoms with van der Waals surface area (Å²) in [5.74, 6) is -0.400. The van der Waals surface area contributed by atoms with Crippen LogP contribution < -0.4 is 5.14 Å². The average Bonchev–Trinajstić information content (AvgIpc) is 2.31. The first-order valence-electron chi connectivity index (χ1n) is 5.18. The second kappa shape index (κ2) is 4.83. The van der Waals surface area contributed by atoms with E-state index in [1.165, 1.54) is 24.4 Å². The predicted molar refractivity (Wildman–Crippen MR) is 64.8 cm³/mol. The standard InChI is InChI=1S/C12H11FN2O2S/c13-10-5-2-1-4-9(10)8-11-12(18(14,16)17)6-3-7-15-11/h1-7H,8H2,(H2,14,16,17). The summed E-state index contributed by atoms with van der Waals surface area (Å²) in [7, 11) is -3.85. The first-order chi connectivity index (χ1) is 8.48. The zero-order valence-electron chi connectivity index (χ0n) is 9.38. The maximum Gasteiger partial charge on any atom is 0.239 e. The van der Waals surface area contributed by atoms with E-state index in [2.05, 4.69) is 4.98 Å². The van der Waals surface area contributed by atoms with Crippen LogP contribution in [-0.4, -0.2) is 13.4 Å².